The molecule has 0 saturated heterocycles. The number of hydrogen-bond acceptors (Lipinski definition) is 4. The fraction of sp³-hybridized carbons (Fsp3) is 0.375. The molecule has 0 fully saturated rings. The van der Waals surface area contributed by atoms with E-state index < -0.39 is 11.9 Å². The summed E-state index contributed by atoms with van der Waals surface area (Å²) < 4.78 is 10.6. The zero-order chi connectivity index (χ0) is 17.1. The molecule has 1 atom stereocenters. The van der Waals surface area contributed by atoms with Crippen LogP contribution in [-0.4, -0.2) is 36.7 Å². The lowest BCUT2D eigenvalue weighted by Crippen LogP contribution is -2.48. The van der Waals surface area contributed by atoms with E-state index in [1.165, 1.54) is 0 Å². The molecule has 1 aliphatic rings. The fourth-order valence-electron chi connectivity index (χ4n) is 2.73. The van der Waals surface area contributed by atoms with Gasteiger partial charge in [-0.1, -0.05) is 0 Å². The Balaban J connectivity index is 2.59. The van der Waals surface area contributed by atoms with Crippen LogP contribution >= 0.6 is 12.2 Å². The second-order valence-electron chi connectivity index (χ2n) is 5.14. The van der Waals surface area contributed by atoms with Gasteiger partial charge in [0.25, 0.3) is 0 Å². The van der Waals surface area contributed by atoms with E-state index in [9.17, 15) is 4.79 Å². The van der Waals surface area contributed by atoms with Crippen LogP contribution in [-0.2, 0) is 4.79 Å². The van der Waals surface area contributed by atoms with Crippen LogP contribution in [0.1, 0.15) is 25.5 Å². The van der Waals surface area contributed by atoms with Crippen molar-refractivity contribution in [2.75, 3.05) is 20.8 Å². The molecule has 1 aliphatic heterocycles. The predicted octanol–water partition coefficient (Wildman–Crippen LogP) is 1.71. The number of amides is 1. The maximum Gasteiger partial charge on any atom is 0.248 e. The van der Waals surface area contributed by atoms with Crippen molar-refractivity contribution >= 4 is 23.2 Å². The number of carbonyl (C=O) groups is 1. The molecule has 0 bridgehead atoms. The van der Waals surface area contributed by atoms with Gasteiger partial charge in [-0.05, 0) is 43.8 Å². The Kier molecular flexibility index (Phi) is 5.10. The third-order valence-corrected chi connectivity index (χ3v) is 4.22. The Hall–Kier alpha value is -2.28. The first-order valence-electron chi connectivity index (χ1n) is 7.24. The zero-order valence-electron chi connectivity index (χ0n) is 13.7. The van der Waals surface area contributed by atoms with Crippen molar-refractivity contribution in [3.63, 3.8) is 0 Å². The molecule has 1 heterocycles. The van der Waals surface area contributed by atoms with Gasteiger partial charge in [-0.15, -0.1) is 0 Å². The van der Waals surface area contributed by atoms with E-state index in [1.807, 2.05) is 30.9 Å². The summed E-state index contributed by atoms with van der Waals surface area (Å²) in [5.41, 5.74) is 7.66. The summed E-state index contributed by atoms with van der Waals surface area (Å²) >= 11 is 5.41. The van der Waals surface area contributed by atoms with Gasteiger partial charge in [0, 0.05) is 18.3 Å². The van der Waals surface area contributed by atoms with Crippen LogP contribution in [0.3, 0.4) is 0 Å². The molecule has 3 N–H and O–H groups in total. The third-order valence-electron chi connectivity index (χ3n) is 3.89. The first-order chi connectivity index (χ1) is 10.9. The quantitative estimate of drug-likeness (QED) is 0.798. The number of thiocarbonyl (C=S) groups is 1. The predicted molar refractivity (Wildman–Crippen MR) is 92.3 cm³/mol. The van der Waals surface area contributed by atoms with Crippen molar-refractivity contribution < 1.29 is 14.3 Å². The highest BCUT2D eigenvalue weighted by atomic mass is 32.1. The number of methoxy groups -OCH3 is 2. The topological polar surface area (TPSA) is 76.8 Å². The first kappa shape index (κ1) is 17.1. The van der Waals surface area contributed by atoms with E-state index in [2.05, 4.69) is 5.32 Å². The van der Waals surface area contributed by atoms with E-state index in [0.717, 1.165) is 11.3 Å². The van der Waals surface area contributed by atoms with Crippen LogP contribution in [0.5, 0.6) is 11.5 Å². The molecule has 0 aliphatic carbocycles. The molecule has 7 heteroatoms. The minimum atomic E-state index is -0.484. The minimum absolute atomic E-state index is 0.438. The lowest BCUT2D eigenvalue weighted by Gasteiger charge is -2.37. The highest BCUT2D eigenvalue weighted by Crippen LogP contribution is 2.34. The van der Waals surface area contributed by atoms with Gasteiger partial charge in [0.2, 0.25) is 5.91 Å². The van der Waals surface area contributed by atoms with E-state index in [4.69, 9.17) is 27.4 Å². The molecule has 0 spiro atoms. The smallest absolute Gasteiger partial charge is 0.248 e. The van der Waals surface area contributed by atoms with Gasteiger partial charge in [-0.2, -0.15) is 0 Å². The van der Waals surface area contributed by atoms with Crippen LogP contribution < -0.4 is 20.5 Å². The number of hydrogen-bond donors (Lipinski definition) is 2. The Morgan fingerprint density at radius 1 is 1.30 bits per heavy atom. The summed E-state index contributed by atoms with van der Waals surface area (Å²) in [7, 11) is 3.15. The lowest BCUT2D eigenvalue weighted by molar-refractivity contribution is -0.115. The SMILES string of the molecule is CCN1C(=S)NC(c2cc(OC)cc(OC)c2)C(C(N)=O)=C1C. The number of ether oxygens (including phenoxy) is 2. The maximum absolute atomic E-state index is 12.0. The van der Waals surface area contributed by atoms with E-state index in [1.54, 1.807) is 20.3 Å². The largest absolute Gasteiger partial charge is 0.497 e. The Bertz CT molecular complexity index is 650. The molecule has 0 aromatic heterocycles. The van der Waals surface area contributed by atoms with E-state index in [0.29, 0.717) is 28.7 Å². The van der Waals surface area contributed by atoms with Gasteiger partial charge < -0.3 is 25.4 Å². The highest BCUT2D eigenvalue weighted by molar-refractivity contribution is 7.80. The summed E-state index contributed by atoms with van der Waals surface area (Å²) in [5.74, 6) is 0.778. The molecule has 23 heavy (non-hydrogen) atoms. The molecule has 0 saturated carbocycles. The zero-order valence-corrected chi connectivity index (χ0v) is 14.5. The highest BCUT2D eigenvalue weighted by Gasteiger charge is 2.32. The van der Waals surface area contributed by atoms with Gasteiger partial charge in [0.1, 0.15) is 11.5 Å². The number of nitrogens with one attached hydrogen (secondary N) is 1. The summed E-state index contributed by atoms with van der Waals surface area (Å²) in [5, 5.41) is 3.74. The molecular weight excluding hydrogens is 314 g/mol. The summed E-state index contributed by atoms with van der Waals surface area (Å²) in [6, 6.07) is 5.00. The second kappa shape index (κ2) is 6.87. The average molecular weight is 335 g/mol. The number of allylic oxidation sites excluding steroid dienone is 1. The number of nitrogens with two attached hydrogens (primary N) is 1. The van der Waals surface area contributed by atoms with Gasteiger partial charge in [0.05, 0.1) is 25.8 Å². The molecule has 0 radical (unpaired) electrons. The third kappa shape index (κ3) is 3.24. The van der Waals surface area contributed by atoms with Crippen molar-refractivity contribution in [3.05, 3.63) is 35.0 Å². The Labute approximate surface area is 141 Å². The normalized spacial score (nSPS) is 17.8. The van der Waals surface area contributed by atoms with Crippen molar-refractivity contribution in [2.24, 2.45) is 5.73 Å². The number of nitrogens with zero attached hydrogens (tertiary/aromatic N) is 1. The standard InChI is InChI=1S/C16H21N3O3S/c1-5-19-9(2)13(15(17)20)14(18-16(19)23)10-6-11(21-3)8-12(7-10)22-4/h6-8,14H,5H2,1-4H3,(H2,17,20)(H,18,23). The number of benzene rings is 1. The van der Waals surface area contributed by atoms with Crippen molar-refractivity contribution in [1.29, 1.82) is 0 Å². The van der Waals surface area contributed by atoms with Crippen LogP contribution in [0.25, 0.3) is 0 Å². The molecule has 1 aromatic rings. The fourth-order valence-corrected chi connectivity index (χ4v) is 3.11. The van der Waals surface area contributed by atoms with E-state index in [-0.39, 0.29) is 0 Å². The molecular formula is C16H21N3O3S. The van der Waals surface area contributed by atoms with Gasteiger partial charge in [-0.3, -0.25) is 4.79 Å². The molecule has 1 unspecified atom stereocenters. The van der Waals surface area contributed by atoms with Crippen LogP contribution in [0.15, 0.2) is 29.5 Å². The molecule has 124 valence electrons. The van der Waals surface area contributed by atoms with Crippen LogP contribution in [0.4, 0.5) is 0 Å². The summed E-state index contributed by atoms with van der Waals surface area (Å²) in [4.78, 5) is 13.9. The number of rotatable bonds is 5. The monoisotopic (exact) mass is 335 g/mol. The van der Waals surface area contributed by atoms with Crippen LogP contribution in [0, 0.1) is 0 Å². The van der Waals surface area contributed by atoms with Crippen LogP contribution in [0.2, 0.25) is 0 Å². The molecule has 6 nitrogen and oxygen atoms in total. The maximum atomic E-state index is 12.0. The average Bonchev–Trinajstić information content (AvgIpc) is 2.53. The van der Waals surface area contributed by atoms with Gasteiger partial charge in [-0.25, -0.2) is 0 Å². The lowest BCUT2D eigenvalue weighted by atomic mass is 9.94. The number of primary amides is 1. The van der Waals surface area contributed by atoms with Crippen molar-refractivity contribution in [1.82, 2.24) is 10.2 Å². The number of carbonyl (C=O) groups excluding carboxylic acids is 1. The Morgan fingerprint density at radius 3 is 2.30 bits per heavy atom. The molecule has 1 aromatic carbocycles. The van der Waals surface area contributed by atoms with Crippen molar-refractivity contribution in [3.8, 4) is 11.5 Å². The molecule has 2 rings (SSSR count). The van der Waals surface area contributed by atoms with E-state index >= 15 is 0 Å². The minimum Gasteiger partial charge on any atom is -0.497 e. The first-order valence-corrected chi connectivity index (χ1v) is 7.65. The van der Waals surface area contributed by atoms with Gasteiger partial charge >= 0.3 is 0 Å². The second-order valence-corrected chi connectivity index (χ2v) is 5.52. The van der Waals surface area contributed by atoms with Gasteiger partial charge in [0.15, 0.2) is 5.11 Å². The summed E-state index contributed by atoms with van der Waals surface area (Å²) in [6.45, 7) is 4.47. The van der Waals surface area contributed by atoms with Crippen molar-refractivity contribution in [2.45, 2.75) is 19.9 Å². The Morgan fingerprint density at radius 2 is 1.87 bits per heavy atom. The summed E-state index contributed by atoms with van der Waals surface area (Å²) in [6.07, 6.45) is 0. The molecule has 1 amide bonds.